The minimum Gasteiger partial charge on any atom is -0.0619 e. The zero-order chi connectivity index (χ0) is 10.4. The lowest BCUT2D eigenvalue weighted by Crippen LogP contribution is -1.92. The Kier molecular flexibility index (Phi) is 1.72. The average Bonchev–Trinajstić information content (AvgIpc) is 2.55. The fourth-order valence-electron chi connectivity index (χ4n) is 2.69. The van der Waals surface area contributed by atoms with Crippen LogP contribution in [-0.4, -0.2) is 0 Å². The molecule has 2 aromatic rings. The molecule has 73 valence electrons. The summed E-state index contributed by atoms with van der Waals surface area (Å²) in [5.41, 5.74) is 7.00. The van der Waals surface area contributed by atoms with Gasteiger partial charge in [0.15, 0.2) is 0 Å². The van der Waals surface area contributed by atoms with E-state index in [2.05, 4.69) is 50.2 Å². The standard InChI is InChI=1S/C15H13/c1-10-6-5-9-14-13-8-4-3-7-12(13)11(2)15(10)14/h3-5,7-9,11H,1-2H3. The van der Waals surface area contributed by atoms with Gasteiger partial charge in [0.25, 0.3) is 0 Å². The number of benzene rings is 2. The van der Waals surface area contributed by atoms with Gasteiger partial charge in [-0.2, -0.15) is 0 Å². The molecule has 0 aromatic heterocycles. The minimum atomic E-state index is 0.522. The smallest absolute Gasteiger partial charge is 0.00761 e. The summed E-state index contributed by atoms with van der Waals surface area (Å²) in [7, 11) is 0. The summed E-state index contributed by atoms with van der Waals surface area (Å²) in [5.74, 6) is 0.522. The largest absolute Gasteiger partial charge is 0.0619 e. The summed E-state index contributed by atoms with van der Waals surface area (Å²) >= 11 is 0. The Morgan fingerprint density at radius 1 is 1.07 bits per heavy atom. The van der Waals surface area contributed by atoms with Gasteiger partial charge in [0.2, 0.25) is 0 Å². The molecule has 1 atom stereocenters. The minimum absolute atomic E-state index is 0.522. The first-order chi connectivity index (χ1) is 7.29. The molecule has 1 aliphatic carbocycles. The molecular weight excluding hydrogens is 180 g/mol. The Morgan fingerprint density at radius 3 is 2.73 bits per heavy atom. The maximum atomic E-state index is 3.30. The quantitative estimate of drug-likeness (QED) is 0.594. The van der Waals surface area contributed by atoms with E-state index in [0.717, 1.165) is 0 Å². The summed E-state index contributed by atoms with van der Waals surface area (Å²) < 4.78 is 0. The number of hydrogen-bond acceptors (Lipinski definition) is 0. The van der Waals surface area contributed by atoms with Crippen molar-refractivity contribution in [2.45, 2.75) is 19.8 Å². The van der Waals surface area contributed by atoms with Crippen molar-refractivity contribution in [3.63, 3.8) is 0 Å². The summed E-state index contributed by atoms with van der Waals surface area (Å²) in [6, 6.07) is 16.2. The lowest BCUT2D eigenvalue weighted by Gasteiger charge is -2.08. The summed E-state index contributed by atoms with van der Waals surface area (Å²) in [4.78, 5) is 0. The predicted molar refractivity (Wildman–Crippen MR) is 63.0 cm³/mol. The molecule has 0 spiro atoms. The Balaban J connectivity index is 2.37. The molecule has 0 saturated carbocycles. The molecular formula is C15H13. The van der Waals surface area contributed by atoms with E-state index in [-0.39, 0.29) is 0 Å². The molecule has 3 rings (SSSR count). The maximum Gasteiger partial charge on any atom is 0.00761 e. The van der Waals surface area contributed by atoms with Crippen LogP contribution in [0, 0.1) is 13.0 Å². The fourth-order valence-corrected chi connectivity index (χ4v) is 2.69. The third-order valence-electron chi connectivity index (χ3n) is 3.39. The van der Waals surface area contributed by atoms with Crippen LogP contribution in [-0.2, 0) is 0 Å². The van der Waals surface area contributed by atoms with Crippen LogP contribution in [0.1, 0.15) is 29.5 Å². The Morgan fingerprint density at radius 2 is 1.87 bits per heavy atom. The first-order valence-corrected chi connectivity index (χ1v) is 5.39. The molecule has 0 fully saturated rings. The van der Waals surface area contributed by atoms with E-state index in [4.69, 9.17) is 0 Å². The first-order valence-electron chi connectivity index (χ1n) is 5.39. The first kappa shape index (κ1) is 8.72. The predicted octanol–water partition coefficient (Wildman–Crippen LogP) is 3.93. The van der Waals surface area contributed by atoms with Gasteiger partial charge in [-0.05, 0) is 40.8 Å². The average molecular weight is 193 g/mol. The van der Waals surface area contributed by atoms with Crippen molar-refractivity contribution in [1.82, 2.24) is 0 Å². The van der Waals surface area contributed by atoms with Gasteiger partial charge in [0.05, 0.1) is 0 Å². The summed E-state index contributed by atoms with van der Waals surface area (Å²) in [5, 5.41) is 0. The highest BCUT2D eigenvalue weighted by molar-refractivity contribution is 5.79. The molecule has 0 nitrogen and oxygen atoms in total. The molecule has 0 bridgehead atoms. The molecule has 0 heteroatoms. The normalized spacial score (nSPS) is 17.3. The van der Waals surface area contributed by atoms with E-state index in [0.29, 0.717) is 5.92 Å². The van der Waals surface area contributed by atoms with Crippen molar-refractivity contribution < 1.29 is 0 Å². The number of hydrogen-bond donors (Lipinski definition) is 0. The van der Waals surface area contributed by atoms with Crippen molar-refractivity contribution in [2.24, 2.45) is 0 Å². The SMILES string of the molecule is Cc1[c]ccc2c1C(C)c1ccccc1-2. The van der Waals surface area contributed by atoms with Crippen molar-refractivity contribution >= 4 is 0 Å². The van der Waals surface area contributed by atoms with Crippen LogP contribution in [0.2, 0.25) is 0 Å². The molecule has 2 aromatic carbocycles. The molecule has 0 aliphatic heterocycles. The van der Waals surface area contributed by atoms with Crippen LogP contribution >= 0.6 is 0 Å². The van der Waals surface area contributed by atoms with Gasteiger partial charge in [0, 0.05) is 5.92 Å². The third-order valence-corrected chi connectivity index (χ3v) is 3.39. The van der Waals surface area contributed by atoms with Crippen molar-refractivity contribution in [3.8, 4) is 11.1 Å². The van der Waals surface area contributed by atoms with Gasteiger partial charge in [-0.1, -0.05) is 43.3 Å². The number of rotatable bonds is 0. The number of aryl methyl sites for hydroxylation is 1. The highest BCUT2D eigenvalue weighted by Gasteiger charge is 2.25. The van der Waals surface area contributed by atoms with Gasteiger partial charge < -0.3 is 0 Å². The number of fused-ring (bicyclic) bond motifs is 3. The molecule has 15 heavy (non-hydrogen) atoms. The van der Waals surface area contributed by atoms with Crippen LogP contribution < -0.4 is 0 Å². The second kappa shape index (κ2) is 2.96. The third kappa shape index (κ3) is 1.08. The lowest BCUT2D eigenvalue weighted by molar-refractivity contribution is 0.943. The van der Waals surface area contributed by atoms with E-state index in [1.807, 2.05) is 6.07 Å². The van der Waals surface area contributed by atoms with Gasteiger partial charge in [-0.3, -0.25) is 0 Å². The zero-order valence-electron chi connectivity index (χ0n) is 9.04. The molecule has 1 aliphatic rings. The molecule has 1 radical (unpaired) electrons. The van der Waals surface area contributed by atoms with E-state index in [1.54, 1.807) is 0 Å². The highest BCUT2D eigenvalue weighted by Crippen LogP contribution is 2.45. The molecule has 0 amide bonds. The van der Waals surface area contributed by atoms with Crippen molar-refractivity contribution in [1.29, 1.82) is 0 Å². The van der Waals surface area contributed by atoms with Crippen LogP contribution in [0.15, 0.2) is 36.4 Å². The summed E-state index contributed by atoms with van der Waals surface area (Å²) in [6.45, 7) is 4.44. The fraction of sp³-hybridized carbons (Fsp3) is 0.200. The van der Waals surface area contributed by atoms with Crippen LogP contribution in [0.5, 0.6) is 0 Å². The molecule has 1 unspecified atom stereocenters. The molecule has 0 saturated heterocycles. The van der Waals surface area contributed by atoms with Gasteiger partial charge in [-0.15, -0.1) is 0 Å². The van der Waals surface area contributed by atoms with E-state index < -0.39 is 0 Å². The second-order valence-corrected chi connectivity index (χ2v) is 4.24. The monoisotopic (exact) mass is 193 g/mol. The lowest BCUT2D eigenvalue weighted by atomic mass is 9.95. The van der Waals surface area contributed by atoms with Gasteiger partial charge in [-0.25, -0.2) is 0 Å². The Labute approximate surface area is 90.6 Å². The Hall–Kier alpha value is -1.56. The van der Waals surface area contributed by atoms with E-state index in [9.17, 15) is 0 Å². The maximum absolute atomic E-state index is 3.30. The Bertz CT molecular complexity index is 523. The van der Waals surface area contributed by atoms with Crippen LogP contribution in [0.25, 0.3) is 11.1 Å². The molecule has 0 heterocycles. The van der Waals surface area contributed by atoms with Gasteiger partial charge >= 0.3 is 0 Å². The zero-order valence-corrected chi connectivity index (χ0v) is 9.04. The van der Waals surface area contributed by atoms with Crippen LogP contribution in [0.3, 0.4) is 0 Å². The van der Waals surface area contributed by atoms with Crippen molar-refractivity contribution in [2.75, 3.05) is 0 Å². The van der Waals surface area contributed by atoms with Crippen molar-refractivity contribution in [3.05, 3.63) is 59.2 Å². The topological polar surface area (TPSA) is 0 Å². The van der Waals surface area contributed by atoms with E-state index >= 15 is 0 Å². The summed E-state index contributed by atoms with van der Waals surface area (Å²) in [6.07, 6.45) is 0. The van der Waals surface area contributed by atoms with E-state index in [1.165, 1.54) is 27.8 Å². The highest BCUT2D eigenvalue weighted by atomic mass is 14.3. The second-order valence-electron chi connectivity index (χ2n) is 4.24. The molecule has 0 N–H and O–H groups in total. The van der Waals surface area contributed by atoms with Gasteiger partial charge in [0.1, 0.15) is 0 Å². The van der Waals surface area contributed by atoms with Crippen LogP contribution in [0.4, 0.5) is 0 Å².